The van der Waals surface area contributed by atoms with Crippen molar-refractivity contribution in [1.82, 2.24) is 0 Å². The van der Waals surface area contributed by atoms with E-state index in [1.807, 2.05) is 0 Å². The van der Waals surface area contributed by atoms with Crippen LogP contribution in [-0.2, 0) is 14.3 Å². The first-order chi connectivity index (χ1) is 10.0. The predicted octanol–water partition coefficient (Wildman–Crippen LogP) is 2.69. The highest BCUT2D eigenvalue weighted by molar-refractivity contribution is 5.94. The molecular formula is C15H20FNO4. The average Bonchev–Trinajstić information content (AvgIpc) is 2.42. The Bertz CT molecular complexity index is 491. The number of ether oxygens (including phenoxy) is 2. The second-order valence-corrected chi connectivity index (χ2v) is 4.48. The molecule has 2 N–H and O–H groups in total. The van der Waals surface area contributed by atoms with E-state index in [0.29, 0.717) is 25.9 Å². The van der Waals surface area contributed by atoms with Crippen molar-refractivity contribution < 1.29 is 23.5 Å². The molecule has 0 heterocycles. The van der Waals surface area contributed by atoms with Gasteiger partial charge in [0.1, 0.15) is 5.82 Å². The molecule has 0 atom stereocenters. The highest BCUT2D eigenvalue weighted by Crippen LogP contribution is 2.14. The van der Waals surface area contributed by atoms with Gasteiger partial charge in [0.2, 0.25) is 0 Å². The van der Waals surface area contributed by atoms with Crippen molar-refractivity contribution in [3.05, 3.63) is 29.6 Å². The van der Waals surface area contributed by atoms with Crippen LogP contribution in [0.1, 0.15) is 43.0 Å². The third-order valence-corrected chi connectivity index (χ3v) is 2.80. The minimum atomic E-state index is -0.571. The van der Waals surface area contributed by atoms with Gasteiger partial charge in [0.25, 0.3) is 0 Å². The normalized spacial score (nSPS) is 10.2. The maximum atomic E-state index is 12.9. The maximum Gasteiger partial charge on any atom is 0.340 e. The number of benzene rings is 1. The minimum Gasteiger partial charge on any atom is -0.466 e. The van der Waals surface area contributed by atoms with Crippen molar-refractivity contribution in [2.24, 2.45) is 0 Å². The summed E-state index contributed by atoms with van der Waals surface area (Å²) in [5.74, 6) is -1.28. The predicted molar refractivity (Wildman–Crippen MR) is 76.2 cm³/mol. The lowest BCUT2D eigenvalue weighted by atomic mass is 10.2. The first kappa shape index (κ1) is 16.9. The molecule has 0 saturated heterocycles. The fraction of sp³-hybridized carbons (Fsp3) is 0.467. The van der Waals surface area contributed by atoms with Crippen LogP contribution in [0.3, 0.4) is 0 Å². The highest BCUT2D eigenvalue weighted by Gasteiger charge is 2.11. The molecule has 0 unspecified atom stereocenters. The molecule has 0 fully saturated rings. The van der Waals surface area contributed by atoms with Gasteiger partial charge in [0, 0.05) is 12.1 Å². The lowest BCUT2D eigenvalue weighted by Gasteiger charge is -2.07. The Balaban J connectivity index is 2.21. The minimum absolute atomic E-state index is 0.0577. The van der Waals surface area contributed by atoms with Crippen molar-refractivity contribution in [2.75, 3.05) is 18.9 Å². The first-order valence-electron chi connectivity index (χ1n) is 6.92. The van der Waals surface area contributed by atoms with Crippen molar-refractivity contribution in [1.29, 1.82) is 0 Å². The summed E-state index contributed by atoms with van der Waals surface area (Å²) in [4.78, 5) is 22.8. The summed E-state index contributed by atoms with van der Waals surface area (Å²) in [6.07, 6.45) is 2.46. The van der Waals surface area contributed by atoms with Crippen molar-refractivity contribution in [2.45, 2.75) is 32.6 Å². The molecule has 21 heavy (non-hydrogen) atoms. The summed E-state index contributed by atoms with van der Waals surface area (Å²) in [6, 6.07) is 3.54. The van der Waals surface area contributed by atoms with Crippen LogP contribution in [0, 0.1) is 5.82 Å². The zero-order valence-electron chi connectivity index (χ0n) is 12.1. The molecule has 0 spiro atoms. The number of rotatable bonds is 8. The zero-order chi connectivity index (χ0) is 15.7. The SMILES string of the molecule is CCOC(=O)CCCCCOC(=O)c1ccc(F)cc1N. The molecule has 6 heteroatoms. The molecule has 0 radical (unpaired) electrons. The van der Waals surface area contributed by atoms with Gasteiger partial charge >= 0.3 is 11.9 Å². The van der Waals surface area contributed by atoms with E-state index in [0.717, 1.165) is 18.6 Å². The van der Waals surface area contributed by atoms with E-state index in [-0.39, 0.29) is 23.8 Å². The lowest BCUT2D eigenvalue weighted by Crippen LogP contribution is -2.09. The molecule has 0 aliphatic rings. The molecule has 0 amide bonds. The van der Waals surface area contributed by atoms with E-state index in [9.17, 15) is 14.0 Å². The third kappa shape index (κ3) is 6.25. The quantitative estimate of drug-likeness (QED) is 0.453. The summed E-state index contributed by atoms with van der Waals surface area (Å²) < 4.78 is 22.7. The largest absolute Gasteiger partial charge is 0.466 e. The Labute approximate surface area is 123 Å². The monoisotopic (exact) mass is 297 g/mol. The molecule has 1 aromatic rings. The average molecular weight is 297 g/mol. The fourth-order valence-corrected chi connectivity index (χ4v) is 1.74. The number of carbonyl (C=O) groups excluding carboxylic acids is 2. The van der Waals surface area contributed by atoms with Gasteiger partial charge < -0.3 is 15.2 Å². The summed E-state index contributed by atoms with van der Waals surface area (Å²) >= 11 is 0. The second kappa shape index (κ2) is 8.94. The Morgan fingerprint density at radius 3 is 2.62 bits per heavy atom. The van der Waals surface area contributed by atoms with E-state index >= 15 is 0 Å². The molecule has 0 aliphatic heterocycles. The number of halogens is 1. The van der Waals surface area contributed by atoms with Crippen LogP contribution in [-0.4, -0.2) is 25.2 Å². The van der Waals surface area contributed by atoms with Gasteiger partial charge in [-0.1, -0.05) is 0 Å². The molecular weight excluding hydrogens is 277 g/mol. The van der Waals surface area contributed by atoms with Gasteiger partial charge in [-0.3, -0.25) is 4.79 Å². The van der Waals surface area contributed by atoms with Crippen LogP contribution in [0.4, 0.5) is 10.1 Å². The van der Waals surface area contributed by atoms with Crippen LogP contribution in [0.15, 0.2) is 18.2 Å². The maximum absolute atomic E-state index is 12.9. The standard InChI is InChI=1S/C15H20FNO4/c1-2-20-14(18)6-4-3-5-9-21-15(19)12-8-7-11(16)10-13(12)17/h7-8,10H,2-6,9,17H2,1H3. The van der Waals surface area contributed by atoms with Gasteiger partial charge in [-0.2, -0.15) is 0 Å². The topological polar surface area (TPSA) is 78.6 Å². The molecule has 0 saturated carbocycles. The van der Waals surface area contributed by atoms with E-state index in [1.165, 1.54) is 6.07 Å². The highest BCUT2D eigenvalue weighted by atomic mass is 19.1. The van der Waals surface area contributed by atoms with Gasteiger partial charge in [-0.15, -0.1) is 0 Å². The van der Waals surface area contributed by atoms with Gasteiger partial charge in [-0.25, -0.2) is 9.18 Å². The van der Waals surface area contributed by atoms with Crippen LogP contribution in [0.2, 0.25) is 0 Å². The molecule has 0 aromatic heterocycles. The molecule has 1 rings (SSSR count). The van der Waals surface area contributed by atoms with Crippen LogP contribution in [0.5, 0.6) is 0 Å². The lowest BCUT2D eigenvalue weighted by molar-refractivity contribution is -0.143. The zero-order valence-corrected chi connectivity index (χ0v) is 12.1. The van der Waals surface area contributed by atoms with Crippen molar-refractivity contribution in [3.8, 4) is 0 Å². The first-order valence-corrected chi connectivity index (χ1v) is 6.92. The van der Waals surface area contributed by atoms with Crippen LogP contribution < -0.4 is 5.73 Å². The Morgan fingerprint density at radius 1 is 1.19 bits per heavy atom. The smallest absolute Gasteiger partial charge is 0.340 e. The van der Waals surface area contributed by atoms with Gasteiger partial charge in [0.15, 0.2) is 0 Å². The van der Waals surface area contributed by atoms with E-state index in [2.05, 4.69) is 0 Å². The van der Waals surface area contributed by atoms with Gasteiger partial charge in [-0.05, 0) is 44.4 Å². The van der Waals surface area contributed by atoms with Gasteiger partial charge in [0.05, 0.1) is 18.8 Å². The van der Waals surface area contributed by atoms with E-state index in [1.54, 1.807) is 6.92 Å². The fourth-order valence-electron chi connectivity index (χ4n) is 1.74. The number of nitrogen functional groups attached to an aromatic ring is 1. The number of hydrogen-bond donors (Lipinski definition) is 1. The Hall–Kier alpha value is -2.11. The summed E-state index contributed by atoms with van der Waals surface area (Å²) in [5, 5.41) is 0. The molecule has 0 aliphatic carbocycles. The number of hydrogen-bond acceptors (Lipinski definition) is 5. The van der Waals surface area contributed by atoms with Crippen molar-refractivity contribution >= 4 is 17.6 Å². The summed E-state index contributed by atoms with van der Waals surface area (Å²) in [5.41, 5.74) is 5.76. The van der Waals surface area contributed by atoms with Crippen LogP contribution in [0.25, 0.3) is 0 Å². The van der Waals surface area contributed by atoms with Crippen LogP contribution >= 0.6 is 0 Å². The van der Waals surface area contributed by atoms with E-state index < -0.39 is 11.8 Å². The number of anilines is 1. The Kier molecular flexibility index (Phi) is 7.21. The van der Waals surface area contributed by atoms with E-state index in [4.69, 9.17) is 15.2 Å². The second-order valence-electron chi connectivity index (χ2n) is 4.48. The molecule has 116 valence electrons. The molecule has 0 bridgehead atoms. The Morgan fingerprint density at radius 2 is 1.95 bits per heavy atom. The van der Waals surface area contributed by atoms with Crippen molar-refractivity contribution in [3.63, 3.8) is 0 Å². The number of carbonyl (C=O) groups is 2. The number of unbranched alkanes of at least 4 members (excludes halogenated alkanes) is 2. The molecule has 5 nitrogen and oxygen atoms in total. The number of esters is 2. The molecule has 1 aromatic carbocycles. The third-order valence-electron chi connectivity index (χ3n) is 2.80. The summed E-state index contributed by atoms with van der Waals surface area (Å²) in [6.45, 7) is 2.38. The summed E-state index contributed by atoms with van der Waals surface area (Å²) in [7, 11) is 0. The number of nitrogens with two attached hydrogens (primary N) is 1.